The Labute approximate surface area is 124 Å². The van der Waals surface area contributed by atoms with Crippen molar-refractivity contribution in [3.8, 4) is 5.75 Å². The van der Waals surface area contributed by atoms with Crippen molar-refractivity contribution in [3.63, 3.8) is 0 Å². The summed E-state index contributed by atoms with van der Waals surface area (Å²) < 4.78 is 5.79. The maximum Gasteiger partial charge on any atom is 0.138 e. The van der Waals surface area contributed by atoms with Crippen LogP contribution in [0.15, 0.2) is 48.5 Å². The molecule has 0 N–H and O–H groups in total. The SMILES string of the molecule is Clc1ccccc1OCc1cccc(N2CCCC2)c1. The third-order valence-corrected chi connectivity index (χ3v) is 3.93. The van der Waals surface area contributed by atoms with Crippen LogP contribution in [0.3, 0.4) is 0 Å². The Morgan fingerprint density at radius 1 is 1.00 bits per heavy atom. The van der Waals surface area contributed by atoms with Crippen LogP contribution in [0, 0.1) is 0 Å². The van der Waals surface area contributed by atoms with Gasteiger partial charge < -0.3 is 9.64 Å². The molecule has 0 aromatic heterocycles. The predicted octanol–water partition coefficient (Wildman–Crippen LogP) is 4.52. The molecule has 104 valence electrons. The Morgan fingerprint density at radius 2 is 1.80 bits per heavy atom. The molecule has 2 aromatic carbocycles. The smallest absolute Gasteiger partial charge is 0.138 e. The number of benzene rings is 2. The lowest BCUT2D eigenvalue weighted by molar-refractivity contribution is 0.306. The van der Waals surface area contributed by atoms with Crippen LogP contribution >= 0.6 is 11.6 Å². The second-order valence-electron chi connectivity index (χ2n) is 5.08. The van der Waals surface area contributed by atoms with E-state index in [2.05, 4.69) is 29.2 Å². The maximum absolute atomic E-state index is 6.09. The lowest BCUT2D eigenvalue weighted by Gasteiger charge is -2.18. The van der Waals surface area contributed by atoms with Gasteiger partial charge in [0.2, 0.25) is 0 Å². The summed E-state index contributed by atoms with van der Waals surface area (Å²) in [5.74, 6) is 0.737. The average Bonchev–Trinajstić information content (AvgIpc) is 3.01. The predicted molar refractivity (Wildman–Crippen MR) is 83.7 cm³/mol. The van der Waals surface area contributed by atoms with Gasteiger partial charge in [-0.1, -0.05) is 35.9 Å². The molecule has 0 saturated carbocycles. The third kappa shape index (κ3) is 3.07. The van der Waals surface area contributed by atoms with Gasteiger partial charge in [0.25, 0.3) is 0 Å². The number of hydrogen-bond acceptors (Lipinski definition) is 2. The maximum atomic E-state index is 6.09. The van der Waals surface area contributed by atoms with E-state index in [-0.39, 0.29) is 0 Å². The van der Waals surface area contributed by atoms with E-state index in [1.54, 1.807) is 0 Å². The lowest BCUT2D eigenvalue weighted by Crippen LogP contribution is -2.17. The van der Waals surface area contributed by atoms with Crippen LogP contribution < -0.4 is 9.64 Å². The van der Waals surface area contributed by atoms with E-state index >= 15 is 0 Å². The molecule has 0 atom stereocenters. The lowest BCUT2D eigenvalue weighted by atomic mass is 10.2. The zero-order valence-electron chi connectivity index (χ0n) is 11.4. The molecule has 1 aliphatic rings. The van der Waals surface area contributed by atoms with Gasteiger partial charge in [-0.2, -0.15) is 0 Å². The van der Waals surface area contributed by atoms with E-state index < -0.39 is 0 Å². The number of halogens is 1. The molecule has 3 heteroatoms. The summed E-state index contributed by atoms with van der Waals surface area (Å²) in [6.45, 7) is 2.87. The van der Waals surface area contributed by atoms with Gasteiger partial charge in [0, 0.05) is 18.8 Å². The van der Waals surface area contributed by atoms with E-state index in [0.29, 0.717) is 11.6 Å². The topological polar surface area (TPSA) is 12.5 Å². The summed E-state index contributed by atoms with van der Waals surface area (Å²) in [4.78, 5) is 2.43. The molecule has 1 aliphatic heterocycles. The molecule has 3 rings (SSSR count). The quantitative estimate of drug-likeness (QED) is 0.820. The fourth-order valence-electron chi connectivity index (χ4n) is 2.54. The van der Waals surface area contributed by atoms with Gasteiger partial charge in [0.1, 0.15) is 12.4 Å². The number of ether oxygens (including phenoxy) is 1. The van der Waals surface area contributed by atoms with Crippen molar-refractivity contribution in [2.24, 2.45) is 0 Å². The van der Waals surface area contributed by atoms with Crippen LogP contribution in [0.1, 0.15) is 18.4 Å². The normalized spacial score (nSPS) is 14.6. The second kappa shape index (κ2) is 6.19. The molecule has 20 heavy (non-hydrogen) atoms. The molecule has 1 saturated heterocycles. The van der Waals surface area contributed by atoms with Crippen LogP contribution in [-0.2, 0) is 6.61 Å². The molecule has 1 heterocycles. The van der Waals surface area contributed by atoms with Gasteiger partial charge in [-0.05, 0) is 42.7 Å². The van der Waals surface area contributed by atoms with E-state index in [4.69, 9.17) is 16.3 Å². The number of anilines is 1. The van der Waals surface area contributed by atoms with Gasteiger partial charge in [-0.3, -0.25) is 0 Å². The fraction of sp³-hybridized carbons (Fsp3) is 0.294. The molecule has 0 aliphatic carbocycles. The Kier molecular flexibility index (Phi) is 4.12. The van der Waals surface area contributed by atoms with Crippen molar-refractivity contribution in [3.05, 3.63) is 59.1 Å². The van der Waals surface area contributed by atoms with E-state index in [1.165, 1.54) is 24.1 Å². The zero-order valence-corrected chi connectivity index (χ0v) is 12.1. The van der Waals surface area contributed by atoms with E-state index in [9.17, 15) is 0 Å². The highest BCUT2D eigenvalue weighted by atomic mass is 35.5. The number of para-hydroxylation sites is 1. The van der Waals surface area contributed by atoms with Crippen LogP contribution in [0.5, 0.6) is 5.75 Å². The molecule has 0 amide bonds. The number of rotatable bonds is 4. The Hall–Kier alpha value is -1.67. The summed E-state index contributed by atoms with van der Waals surface area (Å²) in [5, 5.41) is 0.656. The van der Waals surface area contributed by atoms with Crippen LogP contribution in [0.2, 0.25) is 5.02 Å². The molecule has 0 spiro atoms. The van der Waals surface area contributed by atoms with Gasteiger partial charge in [-0.25, -0.2) is 0 Å². The van der Waals surface area contributed by atoms with Crippen molar-refractivity contribution in [1.29, 1.82) is 0 Å². The standard InChI is InChI=1S/C17H18ClNO/c18-16-8-1-2-9-17(16)20-13-14-6-5-7-15(12-14)19-10-3-4-11-19/h1-2,5-9,12H,3-4,10-11,13H2. The van der Waals surface area contributed by atoms with Crippen LogP contribution in [-0.4, -0.2) is 13.1 Å². The largest absolute Gasteiger partial charge is 0.487 e. The van der Waals surface area contributed by atoms with Crippen LogP contribution in [0.4, 0.5) is 5.69 Å². The van der Waals surface area contributed by atoms with Gasteiger partial charge >= 0.3 is 0 Å². The summed E-state index contributed by atoms with van der Waals surface area (Å²) in [6, 6.07) is 16.1. The van der Waals surface area contributed by atoms with Crippen molar-refractivity contribution in [2.45, 2.75) is 19.4 Å². The van der Waals surface area contributed by atoms with E-state index in [1.807, 2.05) is 24.3 Å². The highest BCUT2D eigenvalue weighted by molar-refractivity contribution is 6.32. The van der Waals surface area contributed by atoms with Gasteiger partial charge in [-0.15, -0.1) is 0 Å². The Bertz CT molecular complexity index is 579. The minimum atomic E-state index is 0.547. The molecule has 2 nitrogen and oxygen atoms in total. The van der Waals surface area contributed by atoms with Crippen LogP contribution in [0.25, 0.3) is 0 Å². The minimum absolute atomic E-state index is 0.547. The summed E-state index contributed by atoms with van der Waals surface area (Å²) in [6.07, 6.45) is 2.58. The average molecular weight is 288 g/mol. The first-order valence-corrected chi connectivity index (χ1v) is 7.42. The number of nitrogens with zero attached hydrogens (tertiary/aromatic N) is 1. The highest BCUT2D eigenvalue weighted by Crippen LogP contribution is 2.25. The monoisotopic (exact) mass is 287 g/mol. The second-order valence-corrected chi connectivity index (χ2v) is 5.49. The first-order chi connectivity index (χ1) is 9.83. The van der Waals surface area contributed by atoms with Gasteiger partial charge in [0.15, 0.2) is 0 Å². The van der Waals surface area contributed by atoms with Crippen molar-refractivity contribution in [2.75, 3.05) is 18.0 Å². The highest BCUT2D eigenvalue weighted by Gasteiger charge is 2.12. The third-order valence-electron chi connectivity index (χ3n) is 3.61. The van der Waals surface area contributed by atoms with Crippen molar-refractivity contribution >= 4 is 17.3 Å². The summed E-state index contributed by atoms with van der Waals surface area (Å²) in [7, 11) is 0. The molecular formula is C17H18ClNO. The molecule has 0 unspecified atom stereocenters. The first-order valence-electron chi connectivity index (χ1n) is 7.04. The Balaban J connectivity index is 1.68. The van der Waals surface area contributed by atoms with Crippen molar-refractivity contribution in [1.82, 2.24) is 0 Å². The summed E-state index contributed by atoms with van der Waals surface area (Å²) >= 11 is 6.09. The molecule has 2 aromatic rings. The fourth-order valence-corrected chi connectivity index (χ4v) is 2.73. The zero-order chi connectivity index (χ0) is 13.8. The van der Waals surface area contributed by atoms with E-state index in [0.717, 1.165) is 18.8 Å². The molecule has 1 fully saturated rings. The Morgan fingerprint density at radius 3 is 2.60 bits per heavy atom. The minimum Gasteiger partial charge on any atom is -0.487 e. The summed E-state index contributed by atoms with van der Waals surface area (Å²) in [5.41, 5.74) is 2.47. The molecule has 0 bridgehead atoms. The molecular weight excluding hydrogens is 270 g/mol. The molecule has 0 radical (unpaired) electrons. The first kappa shape index (κ1) is 13.3. The number of hydrogen-bond donors (Lipinski definition) is 0. The van der Waals surface area contributed by atoms with Gasteiger partial charge in [0.05, 0.1) is 5.02 Å². The van der Waals surface area contributed by atoms with Crippen molar-refractivity contribution < 1.29 is 4.74 Å².